The Labute approximate surface area is 97.5 Å². The summed E-state index contributed by atoms with van der Waals surface area (Å²) in [5.74, 6) is 0.511. The largest absolute Gasteiger partial charge is 0.385 e. The maximum atomic E-state index is 10.5. The molecule has 0 heterocycles. The fraction of sp³-hybridized carbons (Fsp3) is 0.600. The first kappa shape index (κ1) is 10.3. The van der Waals surface area contributed by atoms with Crippen LogP contribution in [-0.2, 0) is 18.4 Å². The van der Waals surface area contributed by atoms with Crippen LogP contribution in [0.4, 0.5) is 0 Å². The number of rotatable bonds is 3. The summed E-state index contributed by atoms with van der Waals surface area (Å²) < 4.78 is 0. The third-order valence-corrected chi connectivity index (χ3v) is 4.31. The van der Waals surface area contributed by atoms with Crippen molar-refractivity contribution in [3.05, 3.63) is 34.9 Å². The van der Waals surface area contributed by atoms with Crippen LogP contribution in [0.5, 0.6) is 0 Å². The highest BCUT2D eigenvalue weighted by molar-refractivity contribution is 5.40. The molecule has 16 heavy (non-hydrogen) atoms. The second-order valence-electron chi connectivity index (χ2n) is 5.45. The average Bonchev–Trinajstić information content (AvgIpc) is 2.77. The molecule has 0 spiro atoms. The minimum atomic E-state index is -0.479. The van der Waals surface area contributed by atoms with Crippen molar-refractivity contribution in [3.8, 4) is 0 Å². The molecule has 1 heteroatoms. The van der Waals surface area contributed by atoms with Gasteiger partial charge in [0, 0.05) is 0 Å². The Morgan fingerprint density at radius 2 is 2.12 bits per heavy atom. The Balaban J connectivity index is 1.86. The van der Waals surface area contributed by atoms with Gasteiger partial charge >= 0.3 is 0 Å². The maximum absolute atomic E-state index is 10.5. The summed E-state index contributed by atoms with van der Waals surface area (Å²) in [6, 6.07) is 6.65. The van der Waals surface area contributed by atoms with Gasteiger partial charge in [0.1, 0.15) is 0 Å². The van der Waals surface area contributed by atoms with Gasteiger partial charge in [-0.2, -0.15) is 0 Å². The number of aryl methyl sites for hydroxylation is 2. The Kier molecular flexibility index (Phi) is 2.32. The van der Waals surface area contributed by atoms with Gasteiger partial charge in [0.2, 0.25) is 0 Å². The molecular weight excluding hydrogens is 196 g/mol. The predicted octanol–water partition coefficient (Wildman–Crippen LogP) is 3.18. The summed E-state index contributed by atoms with van der Waals surface area (Å²) in [7, 11) is 0. The molecule has 0 aliphatic heterocycles. The molecule has 2 atom stereocenters. The third-order valence-electron chi connectivity index (χ3n) is 4.31. The molecule has 0 radical (unpaired) electrons. The van der Waals surface area contributed by atoms with E-state index in [9.17, 15) is 5.11 Å². The van der Waals surface area contributed by atoms with Crippen LogP contribution in [0.2, 0.25) is 0 Å². The first-order chi connectivity index (χ1) is 7.74. The number of fused-ring (bicyclic) bond motifs is 1. The number of benzene rings is 1. The molecular formula is C15H20O. The van der Waals surface area contributed by atoms with Gasteiger partial charge in [0.05, 0.1) is 5.60 Å². The van der Waals surface area contributed by atoms with Gasteiger partial charge in [-0.05, 0) is 54.7 Å². The molecule has 1 fully saturated rings. The van der Waals surface area contributed by atoms with E-state index >= 15 is 0 Å². The van der Waals surface area contributed by atoms with Crippen LogP contribution in [0.15, 0.2) is 18.2 Å². The van der Waals surface area contributed by atoms with Crippen molar-refractivity contribution in [3.63, 3.8) is 0 Å². The zero-order valence-electron chi connectivity index (χ0n) is 10.00. The van der Waals surface area contributed by atoms with Crippen LogP contribution in [0.25, 0.3) is 0 Å². The van der Waals surface area contributed by atoms with Crippen LogP contribution in [0.3, 0.4) is 0 Å². The van der Waals surface area contributed by atoms with E-state index in [1.807, 2.05) is 0 Å². The van der Waals surface area contributed by atoms with E-state index < -0.39 is 5.60 Å². The lowest BCUT2D eigenvalue weighted by molar-refractivity contribution is 0.129. The van der Waals surface area contributed by atoms with E-state index in [1.165, 1.54) is 42.4 Å². The Hall–Kier alpha value is -0.820. The van der Waals surface area contributed by atoms with Gasteiger partial charge < -0.3 is 5.11 Å². The van der Waals surface area contributed by atoms with Crippen molar-refractivity contribution < 1.29 is 5.11 Å². The second kappa shape index (κ2) is 3.59. The van der Waals surface area contributed by atoms with Crippen molar-refractivity contribution in [1.29, 1.82) is 0 Å². The highest BCUT2D eigenvalue weighted by atomic mass is 16.3. The Bertz CT molecular complexity index is 410. The van der Waals surface area contributed by atoms with Crippen molar-refractivity contribution in [1.82, 2.24) is 0 Å². The van der Waals surface area contributed by atoms with E-state index in [1.54, 1.807) is 0 Å². The van der Waals surface area contributed by atoms with E-state index in [4.69, 9.17) is 0 Å². The highest BCUT2D eigenvalue weighted by Crippen LogP contribution is 2.54. The summed E-state index contributed by atoms with van der Waals surface area (Å²) in [5, 5.41) is 10.5. The Morgan fingerprint density at radius 1 is 1.31 bits per heavy atom. The van der Waals surface area contributed by atoms with E-state index in [2.05, 4.69) is 25.1 Å². The average molecular weight is 216 g/mol. The summed E-state index contributed by atoms with van der Waals surface area (Å²) in [4.78, 5) is 0. The lowest BCUT2D eigenvalue weighted by Gasteiger charge is -2.12. The van der Waals surface area contributed by atoms with Crippen LogP contribution in [-0.4, -0.2) is 5.11 Å². The second-order valence-corrected chi connectivity index (χ2v) is 5.45. The van der Waals surface area contributed by atoms with Gasteiger partial charge in [-0.25, -0.2) is 0 Å². The zero-order chi connectivity index (χ0) is 11.2. The quantitative estimate of drug-likeness (QED) is 0.822. The third kappa shape index (κ3) is 1.49. The fourth-order valence-corrected chi connectivity index (χ4v) is 3.20. The van der Waals surface area contributed by atoms with Gasteiger partial charge in [0.25, 0.3) is 0 Å². The topological polar surface area (TPSA) is 20.2 Å². The smallest absolute Gasteiger partial charge is 0.0929 e. The fourth-order valence-electron chi connectivity index (χ4n) is 3.20. The maximum Gasteiger partial charge on any atom is 0.0929 e. The molecule has 0 amide bonds. The van der Waals surface area contributed by atoms with Crippen LogP contribution in [0.1, 0.15) is 49.3 Å². The van der Waals surface area contributed by atoms with Gasteiger partial charge in [-0.15, -0.1) is 0 Å². The molecule has 0 saturated heterocycles. The lowest BCUT2D eigenvalue weighted by Crippen LogP contribution is -2.09. The molecule has 0 aromatic heterocycles. The Morgan fingerprint density at radius 3 is 2.94 bits per heavy atom. The molecule has 1 aromatic rings. The van der Waals surface area contributed by atoms with Gasteiger partial charge in [0.15, 0.2) is 0 Å². The van der Waals surface area contributed by atoms with Gasteiger partial charge in [-0.1, -0.05) is 31.5 Å². The minimum Gasteiger partial charge on any atom is -0.385 e. The summed E-state index contributed by atoms with van der Waals surface area (Å²) >= 11 is 0. The van der Waals surface area contributed by atoms with Gasteiger partial charge in [-0.3, -0.25) is 0 Å². The summed E-state index contributed by atoms with van der Waals surface area (Å²) in [6.45, 7) is 2.20. The highest BCUT2D eigenvalue weighted by Gasteiger charge is 2.53. The van der Waals surface area contributed by atoms with E-state index in [0.717, 1.165) is 12.8 Å². The number of aliphatic hydroxyl groups is 1. The lowest BCUT2D eigenvalue weighted by atomic mass is 9.99. The van der Waals surface area contributed by atoms with E-state index in [0.29, 0.717) is 5.92 Å². The summed E-state index contributed by atoms with van der Waals surface area (Å²) in [6.07, 6.45) is 7.03. The molecule has 0 bridgehead atoms. The molecule has 3 rings (SSSR count). The summed E-state index contributed by atoms with van der Waals surface area (Å²) in [5.41, 5.74) is 3.67. The van der Waals surface area contributed by atoms with Crippen molar-refractivity contribution in [2.24, 2.45) is 5.92 Å². The number of hydrogen-bond acceptors (Lipinski definition) is 1. The number of hydrogen-bond donors (Lipinski definition) is 1. The molecule has 1 N–H and O–H groups in total. The van der Waals surface area contributed by atoms with Crippen LogP contribution >= 0.6 is 0 Å². The zero-order valence-corrected chi connectivity index (χ0v) is 10.00. The molecule has 2 unspecified atom stereocenters. The SMILES string of the molecule is CCCC1CC1(O)c1ccc2c(c1)CCC2. The molecule has 86 valence electrons. The predicted molar refractivity (Wildman–Crippen MR) is 65.4 cm³/mol. The molecule has 1 aromatic carbocycles. The molecule has 2 aliphatic carbocycles. The van der Waals surface area contributed by atoms with Crippen molar-refractivity contribution in [2.75, 3.05) is 0 Å². The van der Waals surface area contributed by atoms with Crippen LogP contribution < -0.4 is 0 Å². The van der Waals surface area contributed by atoms with Crippen molar-refractivity contribution >= 4 is 0 Å². The van der Waals surface area contributed by atoms with E-state index in [-0.39, 0.29) is 0 Å². The first-order valence-electron chi connectivity index (χ1n) is 6.58. The molecule has 1 saturated carbocycles. The standard InChI is InChI=1S/C15H20O/c1-2-4-14-10-15(14,16)13-8-7-11-5-3-6-12(11)9-13/h7-9,14,16H,2-6,10H2,1H3. The molecule has 1 nitrogen and oxygen atoms in total. The monoisotopic (exact) mass is 216 g/mol. The first-order valence-corrected chi connectivity index (χ1v) is 6.58. The minimum absolute atomic E-state index is 0.479. The van der Waals surface area contributed by atoms with Crippen LogP contribution in [0, 0.1) is 5.92 Å². The molecule has 2 aliphatic rings. The van der Waals surface area contributed by atoms with Crippen molar-refractivity contribution in [2.45, 2.75) is 51.0 Å². The normalized spacial score (nSPS) is 31.5.